The molecule has 1 heteroatoms. The van der Waals surface area contributed by atoms with E-state index < -0.39 is 0 Å². The smallest absolute Gasteiger partial charge is 0.125 e. The Morgan fingerprint density at radius 3 is 2.18 bits per heavy atom. The number of carbonyl (C=O) groups is 1. The molecule has 0 N–H and O–H groups in total. The first-order valence-corrected chi connectivity index (χ1v) is 4.44. The minimum Gasteiger partial charge on any atom is -0.303 e. The van der Waals surface area contributed by atoms with Crippen LogP contribution < -0.4 is 0 Å². The van der Waals surface area contributed by atoms with Crippen molar-refractivity contribution in [3.8, 4) is 0 Å². The van der Waals surface area contributed by atoms with Crippen LogP contribution >= 0.6 is 0 Å². The highest BCUT2D eigenvalue weighted by Crippen LogP contribution is 2.44. The van der Waals surface area contributed by atoms with Crippen LogP contribution in [0.3, 0.4) is 0 Å². The van der Waals surface area contributed by atoms with Crippen molar-refractivity contribution < 1.29 is 4.79 Å². The van der Waals surface area contributed by atoms with E-state index in [0.717, 1.165) is 19.1 Å². The van der Waals surface area contributed by atoms with Gasteiger partial charge in [-0.1, -0.05) is 27.2 Å². The standard InChI is InChI=1S/C10H18O/c1-9(2)5-4-6-10(3,7-9)8-11/h8H,4-7H2,1-3H3/t10-/m0/s1. The molecule has 0 aliphatic heterocycles. The average molecular weight is 154 g/mol. The molecule has 1 rings (SSSR count). The van der Waals surface area contributed by atoms with E-state index in [-0.39, 0.29) is 5.41 Å². The fourth-order valence-corrected chi connectivity index (χ4v) is 2.34. The zero-order valence-corrected chi connectivity index (χ0v) is 7.81. The topological polar surface area (TPSA) is 17.1 Å². The SMILES string of the molecule is CC1(C)CCC[C@](C)(C=O)C1. The summed E-state index contributed by atoms with van der Waals surface area (Å²) in [6.07, 6.45) is 5.77. The summed E-state index contributed by atoms with van der Waals surface area (Å²) in [7, 11) is 0. The fraction of sp³-hybridized carbons (Fsp3) is 0.900. The van der Waals surface area contributed by atoms with Crippen LogP contribution in [0.2, 0.25) is 0 Å². The van der Waals surface area contributed by atoms with Gasteiger partial charge in [-0.3, -0.25) is 0 Å². The third-order valence-corrected chi connectivity index (χ3v) is 2.77. The second kappa shape index (κ2) is 2.62. The molecule has 0 unspecified atom stereocenters. The molecule has 0 amide bonds. The molecule has 0 aromatic carbocycles. The lowest BCUT2D eigenvalue weighted by Gasteiger charge is -2.39. The van der Waals surface area contributed by atoms with Gasteiger partial charge in [0.05, 0.1) is 0 Å². The van der Waals surface area contributed by atoms with Crippen LogP contribution in [-0.2, 0) is 4.79 Å². The lowest BCUT2D eigenvalue weighted by molar-refractivity contribution is -0.118. The molecule has 1 aliphatic carbocycles. The summed E-state index contributed by atoms with van der Waals surface area (Å²) < 4.78 is 0. The maximum Gasteiger partial charge on any atom is 0.125 e. The zero-order chi connectivity index (χ0) is 8.54. The van der Waals surface area contributed by atoms with E-state index in [1.54, 1.807) is 0 Å². The van der Waals surface area contributed by atoms with E-state index in [1.165, 1.54) is 12.8 Å². The van der Waals surface area contributed by atoms with Gasteiger partial charge in [0.15, 0.2) is 0 Å². The molecule has 0 bridgehead atoms. The molecule has 1 atom stereocenters. The predicted octanol–water partition coefficient (Wildman–Crippen LogP) is 2.79. The van der Waals surface area contributed by atoms with E-state index in [9.17, 15) is 4.79 Å². The first-order valence-electron chi connectivity index (χ1n) is 4.44. The molecule has 0 heterocycles. The van der Waals surface area contributed by atoms with Gasteiger partial charge in [-0.15, -0.1) is 0 Å². The van der Waals surface area contributed by atoms with Gasteiger partial charge in [0, 0.05) is 5.41 Å². The molecule has 0 radical (unpaired) electrons. The van der Waals surface area contributed by atoms with Crippen molar-refractivity contribution in [2.24, 2.45) is 10.8 Å². The molecule has 11 heavy (non-hydrogen) atoms. The largest absolute Gasteiger partial charge is 0.303 e. The average Bonchev–Trinajstić information content (AvgIpc) is 1.85. The maximum absolute atomic E-state index is 10.8. The quantitative estimate of drug-likeness (QED) is 0.531. The van der Waals surface area contributed by atoms with E-state index in [1.807, 2.05) is 0 Å². The molecule has 1 aliphatic rings. The lowest BCUT2D eigenvalue weighted by atomic mass is 9.65. The second-order valence-electron chi connectivity index (χ2n) is 4.97. The molecule has 1 fully saturated rings. The number of rotatable bonds is 1. The van der Waals surface area contributed by atoms with Gasteiger partial charge in [-0.2, -0.15) is 0 Å². The van der Waals surface area contributed by atoms with E-state index in [2.05, 4.69) is 20.8 Å². The Balaban J connectivity index is 2.66. The molecule has 0 aromatic rings. The van der Waals surface area contributed by atoms with Crippen LogP contribution in [0.15, 0.2) is 0 Å². The monoisotopic (exact) mass is 154 g/mol. The summed E-state index contributed by atoms with van der Waals surface area (Å²) in [6, 6.07) is 0. The highest BCUT2D eigenvalue weighted by Gasteiger charge is 2.35. The summed E-state index contributed by atoms with van der Waals surface area (Å²) in [4.78, 5) is 10.8. The first kappa shape index (κ1) is 8.76. The number of hydrogen-bond donors (Lipinski definition) is 0. The second-order valence-corrected chi connectivity index (χ2v) is 4.97. The van der Waals surface area contributed by atoms with Gasteiger partial charge in [-0.05, 0) is 24.7 Å². The first-order chi connectivity index (χ1) is 4.97. The van der Waals surface area contributed by atoms with Gasteiger partial charge in [0.25, 0.3) is 0 Å². The summed E-state index contributed by atoms with van der Waals surface area (Å²) in [5, 5.41) is 0. The molecule has 0 spiro atoms. The van der Waals surface area contributed by atoms with Crippen LogP contribution in [0.4, 0.5) is 0 Å². The van der Waals surface area contributed by atoms with E-state index in [4.69, 9.17) is 0 Å². The van der Waals surface area contributed by atoms with Crippen LogP contribution in [0.1, 0.15) is 46.5 Å². The van der Waals surface area contributed by atoms with Crippen molar-refractivity contribution in [1.82, 2.24) is 0 Å². The van der Waals surface area contributed by atoms with Gasteiger partial charge < -0.3 is 4.79 Å². The van der Waals surface area contributed by atoms with Crippen LogP contribution in [0.5, 0.6) is 0 Å². The third kappa shape index (κ3) is 2.05. The van der Waals surface area contributed by atoms with Gasteiger partial charge >= 0.3 is 0 Å². The Morgan fingerprint density at radius 1 is 1.18 bits per heavy atom. The third-order valence-electron chi connectivity index (χ3n) is 2.77. The fourth-order valence-electron chi connectivity index (χ4n) is 2.34. The Labute approximate surface area is 69.2 Å². The van der Waals surface area contributed by atoms with Crippen molar-refractivity contribution in [3.05, 3.63) is 0 Å². The molecule has 1 nitrogen and oxygen atoms in total. The number of aldehydes is 1. The van der Waals surface area contributed by atoms with E-state index >= 15 is 0 Å². The Morgan fingerprint density at radius 2 is 1.82 bits per heavy atom. The molecule has 0 aromatic heterocycles. The minimum absolute atomic E-state index is 0.0260. The summed E-state index contributed by atoms with van der Waals surface area (Å²) in [6.45, 7) is 6.60. The lowest BCUT2D eigenvalue weighted by Crippen LogP contribution is -2.31. The zero-order valence-electron chi connectivity index (χ0n) is 7.81. The summed E-state index contributed by atoms with van der Waals surface area (Å²) >= 11 is 0. The minimum atomic E-state index is -0.0260. The van der Waals surface area contributed by atoms with Gasteiger partial charge in [-0.25, -0.2) is 0 Å². The molecule has 64 valence electrons. The highest BCUT2D eigenvalue weighted by molar-refractivity contribution is 5.58. The van der Waals surface area contributed by atoms with Gasteiger partial charge in [0.1, 0.15) is 6.29 Å². The molecule has 0 saturated heterocycles. The normalized spacial score (nSPS) is 36.6. The van der Waals surface area contributed by atoms with Crippen LogP contribution in [0, 0.1) is 10.8 Å². The molecular formula is C10H18O. The summed E-state index contributed by atoms with van der Waals surface area (Å²) in [5.41, 5.74) is 0.357. The summed E-state index contributed by atoms with van der Waals surface area (Å²) in [5.74, 6) is 0. The van der Waals surface area contributed by atoms with Crippen molar-refractivity contribution in [1.29, 1.82) is 0 Å². The van der Waals surface area contributed by atoms with Gasteiger partial charge in [0.2, 0.25) is 0 Å². The van der Waals surface area contributed by atoms with Crippen molar-refractivity contribution in [3.63, 3.8) is 0 Å². The molecule has 1 saturated carbocycles. The Bertz CT molecular complexity index is 160. The van der Waals surface area contributed by atoms with Crippen molar-refractivity contribution in [2.75, 3.05) is 0 Å². The van der Waals surface area contributed by atoms with E-state index in [0.29, 0.717) is 5.41 Å². The Hall–Kier alpha value is -0.330. The van der Waals surface area contributed by atoms with Crippen molar-refractivity contribution >= 4 is 6.29 Å². The Kier molecular flexibility index (Phi) is 2.08. The number of carbonyl (C=O) groups excluding carboxylic acids is 1. The van der Waals surface area contributed by atoms with Crippen LogP contribution in [-0.4, -0.2) is 6.29 Å². The highest BCUT2D eigenvalue weighted by atomic mass is 16.1. The van der Waals surface area contributed by atoms with Crippen molar-refractivity contribution in [2.45, 2.75) is 46.5 Å². The van der Waals surface area contributed by atoms with Crippen LogP contribution in [0.25, 0.3) is 0 Å². The molecular weight excluding hydrogens is 136 g/mol. The number of hydrogen-bond acceptors (Lipinski definition) is 1. The maximum atomic E-state index is 10.8. The predicted molar refractivity (Wildman–Crippen MR) is 46.4 cm³/mol.